The van der Waals surface area contributed by atoms with Crippen LogP contribution >= 0.6 is 0 Å². The zero-order chi connectivity index (χ0) is 14.4. The minimum Gasteiger partial charge on any atom is -0.493 e. The molecular weight excluding hydrogens is 250 g/mol. The molecule has 2 aromatic carbocycles. The molecule has 0 aliphatic heterocycles. The molecule has 0 bridgehead atoms. The van der Waals surface area contributed by atoms with Crippen molar-refractivity contribution in [3.05, 3.63) is 59.7 Å². The summed E-state index contributed by atoms with van der Waals surface area (Å²) >= 11 is 0. The highest BCUT2D eigenvalue weighted by Crippen LogP contribution is 2.35. The Hall–Kier alpha value is -2.29. The van der Waals surface area contributed by atoms with Crippen molar-refractivity contribution < 1.29 is 9.47 Å². The SMILES string of the molecule is COc1cccc([C@@H](C)N=Cc2ccccc2)c1OC. The van der Waals surface area contributed by atoms with E-state index >= 15 is 0 Å². The van der Waals surface area contributed by atoms with E-state index in [1.54, 1.807) is 14.2 Å². The number of nitrogens with zero attached hydrogens (tertiary/aromatic N) is 1. The molecule has 0 heterocycles. The molecular formula is C17H19NO2. The minimum atomic E-state index is 0.000237. The van der Waals surface area contributed by atoms with Gasteiger partial charge in [-0.25, -0.2) is 0 Å². The van der Waals surface area contributed by atoms with Crippen LogP contribution in [0.5, 0.6) is 11.5 Å². The highest BCUT2D eigenvalue weighted by Gasteiger charge is 2.14. The van der Waals surface area contributed by atoms with Gasteiger partial charge in [-0.15, -0.1) is 0 Å². The summed E-state index contributed by atoms with van der Waals surface area (Å²) in [4.78, 5) is 4.59. The number of hydrogen-bond donors (Lipinski definition) is 0. The maximum atomic E-state index is 5.44. The van der Waals surface area contributed by atoms with E-state index in [0.717, 1.165) is 22.6 Å². The van der Waals surface area contributed by atoms with Crippen molar-refractivity contribution in [3.63, 3.8) is 0 Å². The quantitative estimate of drug-likeness (QED) is 0.771. The fraction of sp³-hybridized carbons (Fsp3) is 0.235. The highest BCUT2D eigenvalue weighted by atomic mass is 16.5. The lowest BCUT2D eigenvalue weighted by molar-refractivity contribution is 0.350. The Balaban J connectivity index is 2.25. The van der Waals surface area contributed by atoms with Gasteiger partial charge in [-0.3, -0.25) is 4.99 Å². The van der Waals surface area contributed by atoms with Crippen molar-refractivity contribution in [2.45, 2.75) is 13.0 Å². The van der Waals surface area contributed by atoms with Crippen LogP contribution in [0.3, 0.4) is 0 Å². The van der Waals surface area contributed by atoms with E-state index in [1.807, 2.05) is 61.7 Å². The lowest BCUT2D eigenvalue weighted by Gasteiger charge is -2.15. The lowest BCUT2D eigenvalue weighted by atomic mass is 10.1. The minimum absolute atomic E-state index is 0.000237. The number of aliphatic imine (C=N–C) groups is 1. The molecule has 0 saturated heterocycles. The van der Waals surface area contributed by atoms with Gasteiger partial charge < -0.3 is 9.47 Å². The summed E-state index contributed by atoms with van der Waals surface area (Å²) < 4.78 is 10.8. The largest absolute Gasteiger partial charge is 0.493 e. The van der Waals surface area contributed by atoms with Crippen LogP contribution in [0.15, 0.2) is 53.5 Å². The molecule has 2 aromatic rings. The van der Waals surface area contributed by atoms with Crippen molar-refractivity contribution in [2.75, 3.05) is 14.2 Å². The summed E-state index contributed by atoms with van der Waals surface area (Å²) in [5.74, 6) is 1.47. The lowest BCUT2D eigenvalue weighted by Crippen LogP contribution is -1.98. The topological polar surface area (TPSA) is 30.8 Å². The molecule has 0 radical (unpaired) electrons. The number of hydrogen-bond acceptors (Lipinski definition) is 3. The Morgan fingerprint density at radius 2 is 1.70 bits per heavy atom. The molecule has 0 spiro atoms. The zero-order valence-electron chi connectivity index (χ0n) is 12.0. The van der Waals surface area contributed by atoms with E-state index in [9.17, 15) is 0 Å². The van der Waals surface area contributed by atoms with Gasteiger partial charge in [0.25, 0.3) is 0 Å². The Kier molecular flexibility index (Phi) is 4.77. The second kappa shape index (κ2) is 6.75. The number of rotatable bonds is 5. The van der Waals surface area contributed by atoms with Gasteiger partial charge in [0.2, 0.25) is 0 Å². The average Bonchev–Trinajstić information content (AvgIpc) is 2.52. The fourth-order valence-corrected chi connectivity index (χ4v) is 2.06. The second-order valence-electron chi connectivity index (χ2n) is 4.45. The molecule has 3 heteroatoms. The first-order valence-electron chi connectivity index (χ1n) is 6.55. The van der Waals surface area contributed by atoms with Gasteiger partial charge in [-0.05, 0) is 18.6 Å². The number of methoxy groups -OCH3 is 2. The van der Waals surface area contributed by atoms with E-state index < -0.39 is 0 Å². The summed E-state index contributed by atoms with van der Waals surface area (Å²) in [7, 11) is 3.29. The molecule has 0 unspecified atom stereocenters. The summed E-state index contributed by atoms with van der Waals surface area (Å²) in [5, 5.41) is 0. The van der Waals surface area contributed by atoms with Crippen LogP contribution in [0.4, 0.5) is 0 Å². The third-order valence-corrected chi connectivity index (χ3v) is 3.13. The first kappa shape index (κ1) is 14.1. The molecule has 1 atom stereocenters. The van der Waals surface area contributed by atoms with Crippen LogP contribution in [0.25, 0.3) is 0 Å². The van der Waals surface area contributed by atoms with Crippen LogP contribution in [-0.2, 0) is 0 Å². The predicted octanol–water partition coefficient (Wildman–Crippen LogP) is 3.88. The van der Waals surface area contributed by atoms with Crippen LogP contribution in [0, 0.1) is 0 Å². The normalized spacial score (nSPS) is 12.3. The van der Waals surface area contributed by atoms with Gasteiger partial charge in [0.05, 0.1) is 20.3 Å². The molecule has 20 heavy (non-hydrogen) atoms. The second-order valence-corrected chi connectivity index (χ2v) is 4.45. The van der Waals surface area contributed by atoms with Crippen LogP contribution in [-0.4, -0.2) is 20.4 Å². The molecule has 0 aliphatic rings. The molecule has 3 nitrogen and oxygen atoms in total. The van der Waals surface area contributed by atoms with E-state index in [1.165, 1.54) is 0 Å². The summed E-state index contributed by atoms with van der Waals surface area (Å²) in [6, 6.07) is 15.9. The predicted molar refractivity (Wildman–Crippen MR) is 82.0 cm³/mol. The molecule has 0 aliphatic carbocycles. The van der Waals surface area contributed by atoms with Crippen LogP contribution in [0.1, 0.15) is 24.1 Å². The zero-order valence-corrected chi connectivity index (χ0v) is 12.0. The molecule has 0 amide bonds. The maximum Gasteiger partial charge on any atom is 0.166 e. The molecule has 0 N–H and O–H groups in total. The van der Waals surface area contributed by atoms with Crippen molar-refractivity contribution >= 4 is 6.21 Å². The van der Waals surface area contributed by atoms with Gasteiger partial charge in [0.1, 0.15) is 0 Å². The van der Waals surface area contributed by atoms with Gasteiger partial charge in [0, 0.05) is 11.8 Å². The van der Waals surface area contributed by atoms with Crippen LogP contribution < -0.4 is 9.47 Å². The van der Waals surface area contributed by atoms with Crippen molar-refractivity contribution in [1.82, 2.24) is 0 Å². The first-order valence-corrected chi connectivity index (χ1v) is 6.55. The molecule has 0 aromatic heterocycles. The van der Waals surface area contributed by atoms with E-state index in [4.69, 9.17) is 9.47 Å². The molecule has 2 rings (SSSR count). The maximum absolute atomic E-state index is 5.44. The van der Waals surface area contributed by atoms with Gasteiger partial charge in [-0.1, -0.05) is 42.5 Å². The van der Waals surface area contributed by atoms with E-state index in [-0.39, 0.29) is 6.04 Å². The van der Waals surface area contributed by atoms with Crippen molar-refractivity contribution in [2.24, 2.45) is 4.99 Å². The number of ether oxygens (including phenoxy) is 2. The van der Waals surface area contributed by atoms with E-state index in [2.05, 4.69) is 4.99 Å². The Bertz CT molecular complexity index is 579. The number of benzene rings is 2. The fourth-order valence-electron chi connectivity index (χ4n) is 2.06. The highest BCUT2D eigenvalue weighted by molar-refractivity contribution is 5.79. The first-order chi connectivity index (χ1) is 9.76. The van der Waals surface area contributed by atoms with Gasteiger partial charge in [0.15, 0.2) is 11.5 Å². The molecule has 0 saturated carbocycles. The van der Waals surface area contributed by atoms with Crippen molar-refractivity contribution in [3.8, 4) is 11.5 Å². The standard InChI is InChI=1S/C17H19NO2/c1-13(18-12-14-8-5-4-6-9-14)15-10-7-11-16(19-2)17(15)20-3/h4-13H,1-3H3/t13-/m1/s1. The Morgan fingerprint density at radius 1 is 0.950 bits per heavy atom. The van der Waals surface area contributed by atoms with Gasteiger partial charge >= 0.3 is 0 Å². The summed E-state index contributed by atoms with van der Waals surface area (Å²) in [5.41, 5.74) is 2.10. The third-order valence-electron chi connectivity index (χ3n) is 3.13. The van der Waals surface area contributed by atoms with E-state index in [0.29, 0.717) is 0 Å². The average molecular weight is 269 g/mol. The third kappa shape index (κ3) is 3.18. The Morgan fingerprint density at radius 3 is 2.35 bits per heavy atom. The Labute approximate surface area is 119 Å². The number of para-hydroxylation sites is 1. The smallest absolute Gasteiger partial charge is 0.166 e. The van der Waals surface area contributed by atoms with Gasteiger partial charge in [-0.2, -0.15) is 0 Å². The van der Waals surface area contributed by atoms with Crippen LogP contribution in [0.2, 0.25) is 0 Å². The monoisotopic (exact) mass is 269 g/mol. The summed E-state index contributed by atoms with van der Waals surface area (Å²) in [6.07, 6.45) is 1.88. The summed E-state index contributed by atoms with van der Waals surface area (Å²) in [6.45, 7) is 2.04. The molecule has 0 fully saturated rings. The van der Waals surface area contributed by atoms with Crippen molar-refractivity contribution in [1.29, 1.82) is 0 Å². The molecule has 104 valence electrons.